The fourth-order valence-corrected chi connectivity index (χ4v) is 3.99. The normalized spacial score (nSPS) is 11.2. The maximum Gasteiger partial charge on any atom is 0.262 e. The lowest BCUT2D eigenvalue weighted by molar-refractivity contribution is 0.101. The molecule has 6 nitrogen and oxygen atoms in total. The van der Waals surface area contributed by atoms with Crippen molar-refractivity contribution in [3.63, 3.8) is 0 Å². The molecule has 0 aliphatic heterocycles. The summed E-state index contributed by atoms with van der Waals surface area (Å²) >= 11 is 1.29. The number of hydrogen-bond acceptors (Lipinski definition) is 6. The van der Waals surface area contributed by atoms with Gasteiger partial charge in [-0.15, -0.1) is 0 Å². The first-order valence-corrected chi connectivity index (χ1v) is 10.4. The van der Waals surface area contributed by atoms with Gasteiger partial charge in [-0.2, -0.15) is 0 Å². The van der Waals surface area contributed by atoms with Crippen LogP contribution in [0.2, 0.25) is 0 Å². The summed E-state index contributed by atoms with van der Waals surface area (Å²) in [6.07, 6.45) is 0.820. The number of fused-ring (bicyclic) bond motifs is 1. The molecule has 0 bridgehead atoms. The summed E-state index contributed by atoms with van der Waals surface area (Å²) in [5.41, 5.74) is 1.11. The van der Waals surface area contributed by atoms with Crippen molar-refractivity contribution in [3.8, 4) is 5.75 Å². The molecule has 0 amide bonds. The maximum absolute atomic E-state index is 13.0. The molecule has 7 heteroatoms. The molecule has 0 spiro atoms. The van der Waals surface area contributed by atoms with E-state index in [1.807, 2.05) is 44.4 Å². The Morgan fingerprint density at radius 3 is 2.62 bits per heavy atom. The molecule has 0 aliphatic rings. The van der Waals surface area contributed by atoms with Gasteiger partial charge in [-0.1, -0.05) is 36.0 Å². The molecule has 29 heavy (non-hydrogen) atoms. The minimum atomic E-state index is -0.0680. The van der Waals surface area contributed by atoms with Crippen molar-refractivity contribution < 1.29 is 9.53 Å². The molecule has 0 radical (unpaired) electrons. The Bertz CT molecular complexity index is 1060. The summed E-state index contributed by atoms with van der Waals surface area (Å²) < 4.78 is 6.98. The highest BCUT2D eigenvalue weighted by Crippen LogP contribution is 2.23. The highest BCUT2D eigenvalue weighted by molar-refractivity contribution is 7.99. The Morgan fingerprint density at radius 2 is 1.86 bits per heavy atom. The van der Waals surface area contributed by atoms with Crippen LogP contribution in [0.5, 0.6) is 5.75 Å². The van der Waals surface area contributed by atoms with Gasteiger partial charge in [0, 0.05) is 6.54 Å². The molecule has 0 fully saturated rings. The largest absolute Gasteiger partial charge is 0.496 e. The molecular weight excluding hydrogens is 386 g/mol. The van der Waals surface area contributed by atoms with Gasteiger partial charge in [-0.05, 0) is 51.3 Å². The van der Waals surface area contributed by atoms with Gasteiger partial charge < -0.3 is 9.64 Å². The van der Waals surface area contributed by atoms with Gasteiger partial charge >= 0.3 is 0 Å². The third-order valence-electron chi connectivity index (χ3n) is 4.55. The Labute approximate surface area is 174 Å². The third kappa shape index (κ3) is 5.05. The number of nitrogens with zero attached hydrogens (tertiary/aromatic N) is 3. The zero-order chi connectivity index (χ0) is 20.8. The number of ketones is 1. The van der Waals surface area contributed by atoms with Crippen LogP contribution in [0, 0.1) is 0 Å². The highest BCUT2D eigenvalue weighted by atomic mass is 32.2. The number of hydrogen-bond donors (Lipinski definition) is 0. The van der Waals surface area contributed by atoms with E-state index >= 15 is 0 Å². The number of benzene rings is 2. The van der Waals surface area contributed by atoms with E-state index in [1.165, 1.54) is 11.8 Å². The van der Waals surface area contributed by atoms with E-state index in [2.05, 4.69) is 9.88 Å². The number of para-hydroxylation sites is 2. The monoisotopic (exact) mass is 411 g/mol. The second-order valence-electron chi connectivity index (χ2n) is 6.94. The van der Waals surface area contributed by atoms with E-state index in [-0.39, 0.29) is 17.1 Å². The van der Waals surface area contributed by atoms with Gasteiger partial charge in [0.2, 0.25) is 0 Å². The number of carbonyl (C=O) groups is 1. The number of ether oxygens (including phenoxy) is 1. The van der Waals surface area contributed by atoms with Crippen molar-refractivity contribution in [3.05, 3.63) is 64.4 Å². The summed E-state index contributed by atoms with van der Waals surface area (Å²) in [4.78, 5) is 32.5. The highest BCUT2D eigenvalue weighted by Gasteiger charge is 2.16. The van der Waals surface area contributed by atoms with E-state index in [0.29, 0.717) is 33.9 Å². The number of methoxy groups -OCH3 is 1. The Balaban J connectivity index is 1.88. The van der Waals surface area contributed by atoms with Crippen LogP contribution in [0.15, 0.2) is 58.5 Å². The lowest BCUT2D eigenvalue weighted by Gasteiger charge is -2.15. The summed E-state index contributed by atoms with van der Waals surface area (Å²) in [5.74, 6) is 0.668. The van der Waals surface area contributed by atoms with E-state index in [0.717, 1.165) is 13.0 Å². The zero-order valence-corrected chi connectivity index (χ0v) is 17.7. The smallest absolute Gasteiger partial charge is 0.262 e. The average Bonchev–Trinajstić information content (AvgIpc) is 2.73. The van der Waals surface area contributed by atoms with Crippen LogP contribution in [0.25, 0.3) is 10.9 Å². The van der Waals surface area contributed by atoms with Crippen molar-refractivity contribution in [1.29, 1.82) is 0 Å². The second-order valence-corrected chi connectivity index (χ2v) is 7.88. The van der Waals surface area contributed by atoms with E-state index in [1.54, 1.807) is 29.9 Å². The molecule has 0 saturated heterocycles. The molecule has 1 aromatic heterocycles. The van der Waals surface area contributed by atoms with E-state index in [9.17, 15) is 9.59 Å². The van der Waals surface area contributed by atoms with Crippen LogP contribution in [-0.4, -0.2) is 53.7 Å². The van der Waals surface area contributed by atoms with Crippen molar-refractivity contribution in [2.24, 2.45) is 0 Å². The fourth-order valence-electron chi connectivity index (χ4n) is 3.08. The summed E-state index contributed by atoms with van der Waals surface area (Å²) in [6.45, 7) is 1.42. The minimum Gasteiger partial charge on any atom is -0.496 e. The Hall–Kier alpha value is -2.64. The number of carbonyl (C=O) groups excluding carboxylic acids is 1. The van der Waals surface area contributed by atoms with Crippen molar-refractivity contribution in [2.75, 3.05) is 33.5 Å². The van der Waals surface area contributed by atoms with Crippen LogP contribution < -0.4 is 10.3 Å². The van der Waals surface area contributed by atoms with Crippen molar-refractivity contribution in [1.82, 2.24) is 14.5 Å². The molecule has 0 aliphatic carbocycles. The second kappa shape index (κ2) is 9.71. The molecular formula is C22H25N3O3S. The Morgan fingerprint density at radius 1 is 1.14 bits per heavy atom. The summed E-state index contributed by atoms with van der Waals surface area (Å²) in [5, 5.41) is 1.16. The van der Waals surface area contributed by atoms with Crippen LogP contribution in [0.3, 0.4) is 0 Å². The number of Topliss-reactive ketones (excluding diaryl/α,β-unsaturated/α-hetero) is 1. The molecule has 0 saturated carbocycles. The first-order chi connectivity index (χ1) is 14.0. The SMILES string of the molecule is COc1ccccc1C(=O)CSc1nc2ccccc2c(=O)n1CCCN(C)C. The van der Waals surface area contributed by atoms with Crippen molar-refractivity contribution in [2.45, 2.75) is 18.1 Å². The summed E-state index contributed by atoms with van der Waals surface area (Å²) in [7, 11) is 5.55. The number of aromatic nitrogens is 2. The maximum atomic E-state index is 13.0. The molecule has 0 atom stereocenters. The molecule has 2 aromatic carbocycles. The molecule has 0 unspecified atom stereocenters. The average molecular weight is 412 g/mol. The lowest BCUT2D eigenvalue weighted by atomic mass is 10.1. The fraction of sp³-hybridized carbons (Fsp3) is 0.318. The van der Waals surface area contributed by atoms with Crippen molar-refractivity contribution >= 4 is 28.4 Å². The minimum absolute atomic E-state index is 0.0605. The van der Waals surface area contributed by atoms with Gasteiger partial charge in [0.15, 0.2) is 10.9 Å². The standard InChI is InChI=1S/C22H25N3O3S/c1-24(2)13-8-14-25-21(27)16-9-4-6-11-18(16)23-22(25)29-15-19(26)17-10-5-7-12-20(17)28-3/h4-7,9-12H,8,13-15H2,1-3H3. The van der Waals surface area contributed by atoms with Gasteiger partial charge in [0.1, 0.15) is 5.75 Å². The third-order valence-corrected chi connectivity index (χ3v) is 5.53. The Kier molecular flexibility index (Phi) is 7.06. The first-order valence-electron chi connectivity index (χ1n) is 9.44. The quantitative estimate of drug-likeness (QED) is 0.306. The summed E-state index contributed by atoms with van der Waals surface area (Å²) in [6, 6.07) is 14.5. The molecule has 1 heterocycles. The van der Waals surface area contributed by atoms with Gasteiger partial charge in [0.05, 0.1) is 29.3 Å². The van der Waals surface area contributed by atoms with E-state index < -0.39 is 0 Å². The number of thioether (sulfide) groups is 1. The molecule has 152 valence electrons. The topological polar surface area (TPSA) is 64.4 Å². The lowest BCUT2D eigenvalue weighted by Crippen LogP contribution is -2.25. The van der Waals surface area contributed by atoms with Crippen LogP contribution in [0.4, 0.5) is 0 Å². The molecule has 3 rings (SSSR count). The van der Waals surface area contributed by atoms with E-state index in [4.69, 9.17) is 4.74 Å². The van der Waals surface area contributed by atoms with Crippen LogP contribution in [-0.2, 0) is 6.54 Å². The molecule has 0 N–H and O–H groups in total. The van der Waals surface area contributed by atoms with Crippen LogP contribution in [0.1, 0.15) is 16.8 Å². The zero-order valence-electron chi connectivity index (χ0n) is 16.9. The molecule has 3 aromatic rings. The van der Waals surface area contributed by atoms with Gasteiger partial charge in [-0.25, -0.2) is 4.98 Å². The predicted octanol–water partition coefficient (Wildman–Crippen LogP) is 3.33. The first kappa shape index (κ1) is 21.1. The number of rotatable bonds is 9. The van der Waals surface area contributed by atoms with Gasteiger partial charge in [0.25, 0.3) is 5.56 Å². The van der Waals surface area contributed by atoms with Gasteiger partial charge in [-0.3, -0.25) is 14.2 Å². The van der Waals surface area contributed by atoms with Crippen LogP contribution >= 0.6 is 11.8 Å². The predicted molar refractivity (Wildman–Crippen MR) is 117 cm³/mol.